The molecule has 134 valence electrons. The highest BCUT2D eigenvalue weighted by molar-refractivity contribution is 7.92. The van der Waals surface area contributed by atoms with E-state index in [9.17, 15) is 26.4 Å². The number of ether oxygens (including phenoxy) is 1. The van der Waals surface area contributed by atoms with E-state index >= 15 is 0 Å². The van der Waals surface area contributed by atoms with E-state index in [0.29, 0.717) is 12.1 Å². The van der Waals surface area contributed by atoms with Crippen molar-refractivity contribution in [3.8, 4) is 11.5 Å². The Balaban J connectivity index is 2.52. The van der Waals surface area contributed by atoms with Gasteiger partial charge in [0.15, 0.2) is 5.75 Å². The lowest BCUT2D eigenvalue weighted by Gasteiger charge is -2.15. The maximum absolute atomic E-state index is 12.8. The van der Waals surface area contributed by atoms with Crippen LogP contribution in [0.25, 0.3) is 0 Å². The number of halogens is 3. The standard InChI is InChI=1S/C15H12F3NO5S/c1-25(22,23)19-11-8-9(15(16,17)18)6-7-13(11)24-12-5-3-2-4-10(12)14(20)21/h2-8,19H,1H3,(H,20,21). The van der Waals surface area contributed by atoms with Crippen LogP contribution < -0.4 is 9.46 Å². The van der Waals surface area contributed by atoms with Crippen molar-refractivity contribution in [2.24, 2.45) is 0 Å². The number of carboxylic acids is 1. The lowest BCUT2D eigenvalue weighted by Crippen LogP contribution is -2.12. The Kier molecular flexibility index (Phi) is 4.93. The Morgan fingerprint density at radius 1 is 1.12 bits per heavy atom. The molecular formula is C15H12F3NO5S. The average Bonchev–Trinajstić information content (AvgIpc) is 2.46. The monoisotopic (exact) mass is 375 g/mol. The van der Waals surface area contributed by atoms with E-state index < -0.39 is 33.4 Å². The van der Waals surface area contributed by atoms with Gasteiger partial charge in [-0.25, -0.2) is 13.2 Å². The summed E-state index contributed by atoms with van der Waals surface area (Å²) >= 11 is 0. The molecule has 2 N–H and O–H groups in total. The molecule has 0 radical (unpaired) electrons. The molecule has 0 saturated carbocycles. The third-order valence-corrected chi connectivity index (χ3v) is 3.53. The summed E-state index contributed by atoms with van der Waals surface area (Å²) in [5.41, 5.74) is -1.78. The summed E-state index contributed by atoms with van der Waals surface area (Å²) in [6, 6.07) is 7.63. The summed E-state index contributed by atoms with van der Waals surface area (Å²) in [6.45, 7) is 0. The maximum Gasteiger partial charge on any atom is 0.416 e. The van der Waals surface area contributed by atoms with E-state index in [1.54, 1.807) is 0 Å². The zero-order chi connectivity index (χ0) is 18.8. The zero-order valence-electron chi connectivity index (χ0n) is 12.7. The molecular weight excluding hydrogens is 363 g/mol. The second-order valence-electron chi connectivity index (χ2n) is 4.99. The number of rotatable bonds is 5. The topological polar surface area (TPSA) is 92.7 Å². The molecule has 0 heterocycles. The second kappa shape index (κ2) is 6.63. The van der Waals surface area contributed by atoms with Gasteiger partial charge < -0.3 is 9.84 Å². The van der Waals surface area contributed by atoms with Crippen LogP contribution in [-0.4, -0.2) is 25.7 Å². The molecule has 0 bridgehead atoms. The van der Waals surface area contributed by atoms with E-state index in [1.807, 2.05) is 4.72 Å². The van der Waals surface area contributed by atoms with Gasteiger partial charge in [-0.1, -0.05) is 12.1 Å². The van der Waals surface area contributed by atoms with Gasteiger partial charge in [-0.3, -0.25) is 4.72 Å². The lowest BCUT2D eigenvalue weighted by atomic mass is 10.1. The van der Waals surface area contributed by atoms with Crippen molar-refractivity contribution in [1.29, 1.82) is 0 Å². The first-order valence-corrected chi connectivity index (χ1v) is 8.56. The molecule has 25 heavy (non-hydrogen) atoms. The van der Waals surface area contributed by atoms with Crippen molar-refractivity contribution in [3.05, 3.63) is 53.6 Å². The van der Waals surface area contributed by atoms with E-state index in [-0.39, 0.29) is 17.1 Å². The fraction of sp³-hybridized carbons (Fsp3) is 0.133. The number of carbonyl (C=O) groups is 1. The van der Waals surface area contributed by atoms with Gasteiger partial charge in [-0.2, -0.15) is 13.2 Å². The van der Waals surface area contributed by atoms with Gasteiger partial charge in [0.1, 0.15) is 11.3 Å². The van der Waals surface area contributed by atoms with Crippen LogP contribution in [-0.2, 0) is 16.2 Å². The van der Waals surface area contributed by atoms with Crippen molar-refractivity contribution in [2.75, 3.05) is 11.0 Å². The molecule has 0 atom stereocenters. The quantitative estimate of drug-likeness (QED) is 0.834. The molecule has 0 fully saturated rings. The van der Waals surface area contributed by atoms with Gasteiger partial charge in [0.05, 0.1) is 17.5 Å². The number of hydrogen-bond acceptors (Lipinski definition) is 4. The number of alkyl halides is 3. The Morgan fingerprint density at radius 2 is 1.76 bits per heavy atom. The van der Waals surface area contributed by atoms with Crippen LogP contribution in [0.2, 0.25) is 0 Å². The van der Waals surface area contributed by atoms with Gasteiger partial charge in [-0.05, 0) is 30.3 Å². The number of sulfonamides is 1. The minimum absolute atomic E-state index is 0.147. The summed E-state index contributed by atoms with van der Waals surface area (Å²) in [5, 5.41) is 9.11. The number of para-hydroxylation sites is 1. The molecule has 2 aromatic carbocycles. The number of hydrogen-bond donors (Lipinski definition) is 2. The third-order valence-electron chi connectivity index (χ3n) is 2.94. The first kappa shape index (κ1) is 18.6. The van der Waals surface area contributed by atoms with Crippen LogP contribution in [0, 0.1) is 0 Å². The molecule has 0 amide bonds. The smallest absolute Gasteiger partial charge is 0.416 e. The van der Waals surface area contributed by atoms with Gasteiger partial charge in [0.2, 0.25) is 10.0 Å². The first-order valence-electron chi connectivity index (χ1n) is 6.66. The van der Waals surface area contributed by atoms with Crippen molar-refractivity contribution < 1.29 is 36.2 Å². The molecule has 6 nitrogen and oxygen atoms in total. The van der Waals surface area contributed by atoms with Crippen LogP contribution >= 0.6 is 0 Å². The summed E-state index contributed by atoms with van der Waals surface area (Å²) in [5.74, 6) is -1.72. The largest absolute Gasteiger partial charge is 0.478 e. The summed E-state index contributed by atoms with van der Waals surface area (Å²) in [6.07, 6.45) is -3.92. The Morgan fingerprint density at radius 3 is 2.32 bits per heavy atom. The molecule has 0 spiro atoms. The van der Waals surface area contributed by atoms with Crippen LogP contribution in [0.1, 0.15) is 15.9 Å². The Labute approximate surface area is 140 Å². The Bertz CT molecular complexity index is 910. The average molecular weight is 375 g/mol. The highest BCUT2D eigenvalue weighted by atomic mass is 32.2. The number of benzene rings is 2. The second-order valence-corrected chi connectivity index (χ2v) is 6.73. The summed E-state index contributed by atoms with van der Waals surface area (Å²) in [4.78, 5) is 11.2. The van der Waals surface area contributed by atoms with Crippen molar-refractivity contribution in [3.63, 3.8) is 0 Å². The van der Waals surface area contributed by atoms with E-state index in [2.05, 4.69) is 0 Å². The minimum atomic E-state index is -4.69. The third kappa shape index (κ3) is 4.86. The van der Waals surface area contributed by atoms with Crippen molar-refractivity contribution in [1.82, 2.24) is 0 Å². The van der Waals surface area contributed by atoms with Gasteiger partial charge in [0.25, 0.3) is 0 Å². The number of aromatic carboxylic acids is 1. The highest BCUT2D eigenvalue weighted by Gasteiger charge is 2.31. The normalized spacial score (nSPS) is 11.8. The van der Waals surface area contributed by atoms with E-state index in [1.165, 1.54) is 24.3 Å². The molecule has 0 aromatic heterocycles. The molecule has 10 heteroatoms. The molecule has 0 aliphatic heterocycles. The van der Waals surface area contributed by atoms with Crippen molar-refractivity contribution >= 4 is 21.7 Å². The highest BCUT2D eigenvalue weighted by Crippen LogP contribution is 2.37. The first-order chi connectivity index (χ1) is 11.5. The SMILES string of the molecule is CS(=O)(=O)Nc1cc(C(F)(F)F)ccc1Oc1ccccc1C(=O)O. The number of nitrogens with one attached hydrogen (secondary N) is 1. The molecule has 0 aliphatic carbocycles. The minimum Gasteiger partial charge on any atom is -0.478 e. The van der Waals surface area contributed by atoms with E-state index in [4.69, 9.17) is 9.84 Å². The molecule has 2 aromatic rings. The van der Waals surface area contributed by atoms with Gasteiger partial charge in [-0.15, -0.1) is 0 Å². The Hall–Kier alpha value is -2.75. The maximum atomic E-state index is 12.8. The van der Waals surface area contributed by atoms with Crippen LogP contribution in [0.3, 0.4) is 0 Å². The van der Waals surface area contributed by atoms with Crippen molar-refractivity contribution in [2.45, 2.75) is 6.18 Å². The fourth-order valence-electron chi connectivity index (χ4n) is 1.93. The van der Waals surface area contributed by atoms with Gasteiger partial charge in [0, 0.05) is 0 Å². The molecule has 0 saturated heterocycles. The lowest BCUT2D eigenvalue weighted by molar-refractivity contribution is -0.137. The summed E-state index contributed by atoms with van der Waals surface area (Å²) < 4.78 is 68.6. The molecule has 2 rings (SSSR count). The number of carboxylic acid groups (broad SMARTS) is 1. The zero-order valence-corrected chi connectivity index (χ0v) is 13.5. The number of anilines is 1. The summed E-state index contributed by atoms with van der Waals surface area (Å²) in [7, 11) is -3.89. The van der Waals surface area contributed by atoms with Crippen LogP contribution in [0.4, 0.5) is 18.9 Å². The predicted molar refractivity (Wildman–Crippen MR) is 83.4 cm³/mol. The van der Waals surface area contributed by atoms with Gasteiger partial charge >= 0.3 is 12.1 Å². The van der Waals surface area contributed by atoms with E-state index in [0.717, 1.165) is 12.3 Å². The molecule has 0 aliphatic rings. The molecule has 0 unspecified atom stereocenters. The van der Waals surface area contributed by atoms with Crippen LogP contribution in [0.15, 0.2) is 42.5 Å². The predicted octanol–water partition coefficient (Wildman–Crippen LogP) is 3.57. The van der Waals surface area contributed by atoms with Crippen LogP contribution in [0.5, 0.6) is 11.5 Å². The fourth-order valence-corrected chi connectivity index (χ4v) is 2.48.